The molecular formula is C43H45BN8O7. The van der Waals surface area contributed by atoms with Gasteiger partial charge in [-0.15, -0.1) is 0 Å². The Morgan fingerprint density at radius 2 is 1.41 bits per heavy atom. The van der Waals surface area contributed by atoms with Crippen molar-refractivity contribution in [3.8, 4) is 22.8 Å². The average molecular weight is 797 g/mol. The van der Waals surface area contributed by atoms with E-state index in [0.29, 0.717) is 76.8 Å². The van der Waals surface area contributed by atoms with Gasteiger partial charge in [-0.25, -0.2) is 14.6 Å². The van der Waals surface area contributed by atoms with E-state index < -0.39 is 7.12 Å². The van der Waals surface area contributed by atoms with Crippen LogP contribution < -0.4 is 31.3 Å². The molecule has 1 fully saturated rings. The number of carbonyl (C=O) groups is 3. The third-order valence-corrected chi connectivity index (χ3v) is 9.86. The van der Waals surface area contributed by atoms with Gasteiger partial charge in [-0.1, -0.05) is 79.4 Å². The van der Waals surface area contributed by atoms with Crippen molar-refractivity contribution in [2.75, 3.05) is 33.0 Å². The van der Waals surface area contributed by atoms with Crippen LogP contribution in [0, 0.1) is 0 Å². The van der Waals surface area contributed by atoms with E-state index in [1.165, 1.54) is 19.5 Å². The number of hydrogen-bond donors (Lipinski definition) is 5. The molecule has 16 heteroatoms. The highest BCUT2D eigenvalue weighted by molar-refractivity contribution is 6.58. The Hall–Kier alpha value is -7.04. The molecule has 1 saturated heterocycles. The van der Waals surface area contributed by atoms with Crippen LogP contribution in [0.1, 0.15) is 50.7 Å². The number of methoxy groups -OCH3 is 2. The highest BCUT2D eigenvalue weighted by Gasteiger charge is 2.28. The quantitative estimate of drug-likeness (QED) is 0.0893. The number of nitrogens with two attached hydrogens (primary N) is 1. The molecule has 0 unspecified atom stereocenters. The van der Waals surface area contributed by atoms with E-state index in [2.05, 4.69) is 27.2 Å². The zero-order chi connectivity index (χ0) is 41.9. The Morgan fingerprint density at radius 3 is 1.95 bits per heavy atom. The maximum Gasteiger partial charge on any atom is 0.488 e. The molecule has 2 aromatic heterocycles. The van der Waals surface area contributed by atoms with E-state index in [4.69, 9.17) is 30.4 Å². The highest BCUT2D eigenvalue weighted by Crippen LogP contribution is 2.34. The number of nitrogens with one attached hydrogen (secondary N) is 2. The lowest BCUT2D eigenvalue weighted by molar-refractivity contribution is -0.127. The molecule has 6 N–H and O–H groups in total. The number of para-hydroxylation sites is 2. The van der Waals surface area contributed by atoms with Crippen molar-refractivity contribution in [1.29, 1.82) is 0 Å². The number of anilines is 1. The molecule has 0 radical (unpaired) electrons. The van der Waals surface area contributed by atoms with E-state index in [1.807, 2.05) is 35.0 Å². The van der Waals surface area contributed by atoms with Gasteiger partial charge in [0.2, 0.25) is 5.91 Å². The first-order valence-electron chi connectivity index (χ1n) is 18.9. The Kier molecular flexibility index (Phi) is 13.7. The van der Waals surface area contributed by atoms with Crippen molar-refractivity contribution in [2.45, 2.75) is 32.0 Å². The Bertz CT molecular complexity index is 2420. The fourth-order valence-corrected chi connectivity index (χ4v) is 6.74. The summed E-state index contributed by atoms with van der Waals surface area (Å²) in [4.78, 5) is 47.4. The molecule has 6 aromatic rings. The standard InChI is InChI=1S/C28H29N7O3.C15H16BNO4/c1-3-23(36)34-14-6-7-20(16-34)35-27-24(26(29)31-17-32-27)25(33-35)19-12-10-18(11-13-19)15-30-28(37)21-8-4-5-9-22(21)38-2;1-21-14-5-3-2-4-13(14)15(18)17-10-11-6-8-12(9-7-11)16(19)20/h3-5,8-13,17,20H,1,6-7,14-16H2,2H3,(H,30,37)(H2,29,31,32);2-9,19-20H,10H2,1H3,(H,17,18)/t20-;/m1./s1. The third kappa shape index (κ3) is 9.92. The summed E-state index contributed by atoms with van der Waals surface area (Å²) < 4.78 is 12.3. The van der Waals surface area contributed by atoms with Gasteiger partial charge in [-0.05, 0) is 59.8 Å². The van der Waals surface area contributed by atoms with Crippen LogP contribution in [0.15, 0.2) is 116 Å². The van der Waals surface area contributed by atoms with Crippen LogP contribution in [0.3, 0.4) is 0 Å². The van der Waals surface area contributed by atoms with Crippen molar-refractivity contribution in [2.24, 2.45) is 0 Å². The second kappa shape index (κ2) is 19.4. The second-order valence-corrected chi connectivity index (χ2v) is 13.6. The number of likely N-dealkylation sites (tertiary alicyclic amines) is 1. The number of benzene rings is 4. The van der Waals surface area contributed by atoms with Crippen LogP contribution >= 0.6 is 0 Å². The van der Waals surface area contributed by atoms with E-state index in [0.717, 1.165) is 29.5 Å². The van der Waals surface area contributed by atoms with Gasteiger partial charge in [0.25, 0.3) is 11.8 Å². The average Bonchev–Trinajstić information content (AvgIpc) is 3.68. The maximum absolute atomic E-state index is 12.6. The normalized spacial score (nSPS) is 13.4. The summed E-state index contributed by atoms with van der Waals surface area (Å²) in [6.07, 6.45) is 4.50. The molecule has 1 atom stereocenters. The van der Waals surface area contributed by atoms with Crippen molar-refractivity contribution in [3.05, 3.63) is 138 Å². The third-order valence-electron chi connectivity index (χ3n) is 9.86. The fraction of sp³-hybridized carbons (Fsp3) is 0.209. The molecule has 4 aromatic carbocycles. The summed E-state index contributed by atoms with van der Waals surface area (Å²) in [5.74, 6) is 0.871. The highest BCUT2D eigenvalue weighted by atomic mass is 16.5. The molecule has 3 heterocycles. The van der Waals surface area contributed by atoms with Crippen LogP contribution in [0.4, 0.5) is 5.82 Å². The molecule has 0 bridgehead atoms. The molecule has 0 aliphatic carbocycles. The monoisotopic (exact) mass is 796 g/mol. The first-order valence-corrected chi connectivity index (χ1v) is 18.9. The van der Waals surface area contributed by atoms with Crippen LogP contribution in [-0.2, 0) is 17.9 Å². The smallest absolute Gasteiger partial charge is 0.488 e. The molecule has 0 spiro atoms. The van der Waals surface area contributed by atoms with Gasteiger partial charge < -0.3 is 40.8 Å². The lowest BCUT2D eigenvalue weighted by atomic mass is 9.80. The Labute approximate surface area is 341 Å². The van der Waals surface area contributed by atoms with Crippen molar-refractivity contribution < 1.29 is 33.9 Å². The first-order chi connectivity index (χ1) is 28.6. The topological polar surface area (TPSA) is 207 Å². The van der Waals surface area contributed by atoms with Gasteiger partial charge in [0.1, 0.15) is 29.3 Å². The number of rotatable bonds is 12. The molecule has 1 aliphatic rings. The molecule has 59 heavy (non-hydrogen) atoms. The van der Waals surface area contributed by atoms with Gasteiger partial charge in [0.15, 0.2) is 5.65 Å². The fourth-order valence-electron chi connectivity index (χ4n) is 6.74. The SMILES string of the molecule is C=CC(=O)N1CCC[C@@H](n2nc(-c3ccc(CNC(=O)c4ccccc4OC)cc3)c3c(N)ncnc32)C1.COc1ccccc1C(=O)NCc1ccc(B(O)O)cc1. The summed E-state index contributed by atoms with van der Waals surface area (Å²) in [7, 11) is 1.58. The van der Waals surface area contributed by atoms with Crippen molar-refractivity contribution in [1.82, 2.24) is 35.3 Å². The van der Waals surface area contributed by atoms with Gasteiger partial charge >= 0.3 is 7.12 Å². The van der Waals surface area contributed by atoms with Gasteiger partial charge in [-0.2, -0.15) is 5.10 Å². The minimum atomic E-state index is -1.48. The molecule has 302 valence electrons. The van der Waals surface area contributed by atoms with Crippen LogP contribution in [-0.4, -0.2) is 86.8 Å². The lowest BCUT2D eigenvalue weighted by Crippen LogP contribution is -2.40. The predicted molar refractivity (Wildman–Crippen MR) is 225 cm³/mol. The number of amides is 3. The summed E-state index contributed by atoms with van der Waals surface area (Å²) >= 11 is 0. The Balaban J connectivity index is 0.000000236. The number of nitrogen functional groups attached to an aromatic ring is 1. The Morgan fingerprint density at radius 1 is 0.847 bits per heavy atom. The summed E-state index contributed by atoms with van der Waals surface area (Å²) in [6, 6.07) is 28.5. The molecular weight excluding hydrogens is 751 g/mol. The predicted octanol–water partition coefficient (Wildman–Crippen LogP) is 3.67. The lowest BCUT2D eigenvalue weighted by Gasteiger charge is -2.32. The summed E-state index contributed by atoms with van der Waals surface area (Å²) in [5.41, 5.74) is 11.6. The number of nitrogens with zero attached hydrogens (tertiary/aromatic N) is 5. The van der Waals surface area contributed by atoms with Gasteiger partial charge in [0.05, 0.1) is 36.8 Å². The molecule has 0 saturated carbocycles. The maximum atomic E-state index is 12.6. The van der Waals surface area contributed by atoms with E-state index in [1.54, 1.807) is 78.7 Å². The minimum absolute atomic E-state index is 0.0392. The summed E-state index contributed by atoms with van der Waals surface area (Å²) in [6.45, 7) is 5.53. The second-order valence-electron chi connectivity index (χ2n) is 13.6. The zero-order valence-corrected chi connectivity index (χ0v) is 32.7. The number of hydrogen-bond acceptors (Lipinski definition) is 11. The number of fused-ring (bicyclic) bond motifs is 1. The number of aromatic nitrogens is 4. The number of carbonyl (C=O) groups excluding carboxylic acids is 3. The van der Waals surface area contributed by atoms with Crippen molar-refractivity contribution in [3.63, 3.8) is 0 Å². The molecule has 15 nitrogen and oxygen atoms in total. The molecule has 3 amide bonds. The van der Waals surface area contributed by atoms with Gasteiger partial charge in [-0.3, -0.25) is 14.4 Å². The number of piperidine rings is 1. The van der Waals surface area contributed by atoms with Crippen LogP contribution in [0.2, 0.25) is 0 Å². The first kappa shape index (κ1) is 41.6. The molecule has 1 aliphatic heterocycles. The van der Waals surface area contributed by atoms with Crippen LogP contribution in [0.25, 0.3) is 22.3 Å². The largest absolute Gasteiger partial charge is 0.496 e. The summed E-state index contributed by atoms with van der Waals surface area (Å²) in [5, 5.41) is 29.3. The van der Waals surface area contributed by atoms with Crippen LogP contribution in [0.5, 0.6) is 11.5 Å². The minimum Gasteiger partial charge on any atom is -0.496 e. The van der Waals surface area contributed by atoms with Gasteiger partial charge in [0, 0.05) is 31.7 Å². The zero-order valence-electron chi connectivity index (χ0n) is 32.7. The molecule has 7 rings (SSSR count). The number of ether oxygens (including phenoxy) is 2. The van der Waals surface area contributed by atoms with E-state index >= 15 is 0 Å². The van der Waals surface area contributed by atoms with Crippen molar-refractivity contribution >= 4 is 47.2 Å². The van der Waals surface area contributed by atoms with E-state index in [9.17, 15) is 14.4 Å². The van der Waals surface area contributed by atoms with E-state index in [-0.39, 0.29) is 23.8 Å².